The van der Waals surface area contributed by atoms with Gasteiger partial charge in [0, 0.05) is 6.42 Å². The maximum atomic E-state index is 11.3. The van der Waals surface area contributed by atoms with Gasteiger partial charge in [-0.05, 0) is 19.8 Å². The van der Waals surface area contributed by atoms with E-state index in [1.54, 1.807) is 6.92 Å². The largest absolute Gasteiger partial charge is 0.466 e. The van der Waals surface area contributed by atoms with Crippen LogP contribution in [0.25, 0.3) is 0 Å². The van der Waals surface area contributed by atoms with Gasteiger partial charge in [0.25, 0.3) is 0 Å². The molecule has 2 unspecified atom stereocenters. The molecular weight excluding hydrogens is 220 g/mol. The summed E-state index contributed by atoms with van der Waals surface area (Å²) in [5.41, 5.74) is 0. The first-order chi connectivity index (χ1) is 8.17. The number of carbonyl (C=O) groups is 2. The first-order valence-electron chi connectivity index (χ1n) is 6.16. The van der Waals surface area contributed by atoms with Crippen molar-refractivity contribution in [2.75, 3.05) is 6.61 Å². The number of epoxide rings is 1. The number of hydrogen-bond donors (Lipinski definition) is 0. The lowest BCUT2D eigenvalue weighted by molar-refractivity contribution is -0.145. The molecule has 1 saturated heterocycles. The summed E-state index contributed by atoms with van der Waals surface area (Å²) in [5.74, 6) is -0.505. The molecule has 0 spiro atoms. The molecule has 0 N–H and O–H groups in total. The van der Waals surface area contributed by atoms with Crippen molar-refractivity contribution in [1.29, 1.82) is 0 Å². The number of allylic oxidation sites excluding steroid dienone is 1. The zero-order valence-electron chi connectivity index (χ0n) is 10.5. The Morgan fingerprint density at radius 3 is 2.71 bits per heavy atom. The third kappa shape index (κ3) is 5.63. The Morgan fingerprint density at radius 2 is 2.12 bits per heavy atom. The molecule has 2 atom stereocenters. The lowest BCUT2D eigenvalue weighted by atomic mass is 10.1. The van der Waals surface area contributed by atoms with Gasteiger partial charge in [-0.3, -0.25) is 9.59 Å². The van der Waals surface area contributed by atoms with Crippen LogP contribution in [0.15, 0.2) is 12.2 Å². The van der Waals surface area contributed by atoms with Crippen LogP contribution in [-0.4, -0.2) is 30.6 Å². The Morgan fingerprint density at radius 1 is 1.35 bits per heavy atom. The summed E-state index contributed by atoms with van der Waals surface area (Å²) >= 11 is 0. The Hall–Kier alpha value is -1.16. The molecule has 4 nitrogen and oxygen atoms in total. The number of ketones is 1. The molecule has 0 radical (unpaired) electrons. The minimum Gasteiger partial charge on any atom is -0.466 e. The number of esters is 1. The van der Waals surface area contributed by atoms with Crippen LogP contribution in [0, 0.1) is 0 Å². The molecule has 17 heavy (non-hydrogen) atoms. The second kappa shape index (κ2) is 7.22. The molecule has 0 aromatic heterocycles. The maximum Gasteiger partial charge on any atom is 0.313 e. The van der Waals surface area contributed by atoms with Crippen LogP contribution in [0.2, 0.25) is 0 Å². The number of Topliss-reactive ketones (excluding diaryl/α,β-unsaturated/α-hetero) is 1. The monoisotopic (exact) mass is 240 g/mol. The van der Waals surface area contributed by atoms with Crippen LogP contribution >= 0.6 is 0 Å². The molecule has 1 aliphatic heterocycles. The van der Waals surface area contributed by atoms with Gasteiger partial charge in [-0.1, -0.05) is 19.1 Å². The minimum atomic E-state index is -0.432. The van der Waals surface area contributed by atoms with E-state index in [2.05, 4.69) is 6.92 Å². The average molecular weight is 240 g/mol. The highest BCUT2D eigenvalue weighted by molar-refractivity contribution is 5.95. The molecule has 96 valence electrons. The third-order valence-electron chi connectivity index (χ3n) is 2.59. The number of hydrogen-bond acceptors (Lipinski definition) is 4. The van der Waals surface area contributed by atoms with E-state index in [0.29, 0.717) is 25.6 Å². The van der Waals surface area contributed by atoms with Crippen molar-refractivity contribution >= 4 is 11.8 Å². The van der Waals surface area contributed by atoms with Gasteiger partial charge in [0.1, 0.15) is 18.3 Å². The lowest BCUT2D eigenvalue weighted by Gasteiger charge is -1.99. The van der Waals surface area contributed by atoms with Gasteiger partial charge >= 0.3 is 5.97 Å². The molecule has 0 bridgehead atoms. The van der Waals surface area contributed by atoms with Crippen LogP contribution < -0.4 is 0 Å². The standard InChI is InChI=1S/C13H20O4/c1-3-11-12(17-11)8-6-5-7-10(14)9-13(15)16-4-2/h6,8,11-12H,3-5,7,9H2,1-2H3. The summed E-state index contributed by atoms with van der Waals surface area (Å²) in [5, 5.41) is 0. The summed E-state index contributed by atoms with van der Waals surface area (Å²) in [4.78, 5) is 22.3. The minimum absolute atomic E-state index is 0.0724. The van der Waals surface area contributed by atoms with E-state index in [4.69, 9.17) is 9.47 Å². The zero-order valence-corrected chi connectivity index (χ0v) is 10.5. The Kier molecular flexibility index (Phi) is 5.91. The van der Waals surface area contributed by atoms with Crippen molar-refractivity contribution in [2.45, 2.75) is 51.7 Å². The average Bonchev–Trinajstić information content (AvgIpc) is 3.03. The second-order valence-corrected chi connectivity index (χ2v) is 4.03. The highest BCUT2D eigenvalue weighted by atomic mass is 16.6. The molecule has 0 aromatic carbocycles. The molecule has 1 heterocycles. The van der Waals surface area contributed by atoms with Gasteiger partial charge in [-0.25, -0.2) is 0 Å². The highest BCUT2D eigenvalue weighted by Gasteiger charge is 2.33. The quantitative estimate of drug-likeness (QED) is 0.282. The van der Waals surface area contributed by atoms with Gasteiger partial charge in [0.05, 0.1) is 12.7 Å². The first-order valence-corrected chi connectivity index (χ1v) is 6.16. The van der Waals surface area contributed by atoms with Crippen molar-refractivity contribution < 1.29 is 19.1 Å². The van der Waals surface area contributed by atoms with E-state index in [1.165, 1.54) is 0 Å². The van der Waals surface area contributed by atoms with Crippen LogP contribution in [0.1, 0.15) is 39.5 Å². The molecule has 1 fully saturated rings. The molecule has 0 aliphatic carbocycles. The van der Waals surface area contributed by atoms with Gasteiger partial charge in [-0.2, -0.15) is 0 Å². The summed E-state index contributed by atoms with van der Waals surface area (Å²) in [6.45, 7) is 4.13. The van der Waals surface area contributed by atoms with E-state index in [-0.39, 0.29) is 18.3 Å². The van der Waals surface area contributed by atoms with Crippen LogP contribution in [-0.2, 0) is 19.1 Å². The molecule has 0 aromatic rings. The molecule has 1 aliphatic rings. The summed E-state index contributed by atoms with van der Waals surface area (Å²) in [6, 6.07) is 0. The second-order valence-electron chi connectivity index (χ2n) is 4.03. The van der Waals surface area contributed by atoms with E-state index in [1.807, 2.05) is 12.2 Å². The molecule has 0 saturated carbocycles. The number of rotatable bonds is 8. The SMILES string of the molecule is CCOC(=O)CC(=O)CCC=CC1OC1CC. The molecule has 4 heteroatoms. The van der Waals surface area contributed by atoms with E-state index < -0.39 is 5.97 Å². The zero-order chi connectivity index (χ0) is 12.7. The predicted molar refractivity (Wildman–Crippen MR) is 63.6 cm³/mol. The highest BCUT2D eigenvalue weighted by Crippen LogP contribution is 2.26. The fraction of sp³-hybridized carbons (Fsp3) is 0.692. The molecular formula is C13H20O4. The predicted octanol–water partition coefficient (Wildman–Crippen LogP) is 2.02. The fourth-order valence-electron chi connectivity index (χ4n) is 1.59. The van der Waals surface area contributed by atoms with Gasteiger partial charge < -0.3 is 9.47 Å². The summed E-state index contributed by atoms with van der Waals surface area (Å²) < 4.78 is 10.0. The van der Waals surface area contributed by atoms with Crippen molar-refractivity contribution in [3.8, 4) is 0 Å². The van der Waals surface area contributed by atoms with E-state index >= 15 is 0 Å². The van der Waals surface area contributed by atoms with E-state index in [9.17, 15) is 9.59 Å². The lowest BCUT2D eigenvalue weighted by Crippen LogP contribution is -2.10. The van der Waals surface area contributed by atoms with Gasteiger partial charge in [0.15, 0.2) is 0 Å². The van der Waals surface area contributed by atoms with Crippen LogP contribution in [0.3, 0.4) is 0 Å². The van der Waals surface area contributed by atoms with E-state index in [0.717, 1.165) is 6.42 Å². The topological polar surface area (TPSA) is 55.9 Å². The fourth-order valence-corrected chi connectivity index (χ4v) is 1.59. The van der Waals surface area contributed by atoms with Crippen molar-refractivity contribution in [3.63, 3.8) is 0 Å². The van der Waals surface area contributed by atoms with Crippen molar-refractivity contribution in [3.05, 3.63) is 12.2 Å². The molecule has 0 amide bonds. The Bertz CT molecular complexity index is 296. The van der Waals surface area contributed by atoms with Crippen molar-refractivity contribution in [1.82, 2.24) is 0 Å². The van der Waals surface area contributed by atoms with Gasteiger partial charge in [-0.15, -0.1) is 0 Å². The third-order valence-corrected chi connectivity index (χ3v) is 2.59. The maximum absolute atomic E-state index is 11.3. The number of ether oxygens (including phenoxy) is 2. The summed E-state index contributed by atoms with van der Waals surface area (Å²) in [6.07, 6.45) is 6.50. The smallest absolute Gasteiger partial charge is 0.313 e. The summed E-state index contributed by atoms with van der Waals surface area (Å²) in [7, 11) is 0. The van der Waals surface area contributed by atoms with Crippen LogP contribution in [0.4, 0.5) is 0 Å². The number of carbonyl (C=O) groups excluding carboxylic acids is 2. The van der Waals surface area contributed by atoms with Gasteiger partial charge in [0.2, 0.25) is 0 Å². The van der Waals surface area contributed by atoms with Crippen molar-refractivity contribution in [2.24, 2.45) is 0 Å². The van der Waals surface area contributed by atoms with Crippen LogP contribution in [0.5, 0.6) is 0 Å². The molecule has 1 rings (SSSR count). The Balaban J connectivity index is 2.06. The normalized spacial score (nSPS) is 22.7. The Labute approximate surface area is 102 Å². The first kappa shape index (κ1) is 13.9.